The molecular formula is C18H10F5N3O2. The van der Waals surface area contributed by atoms with Crippen molar-refractivity contribution in [2.24, 2.45) is 0 Å². The van der Waals surface area contributed by atoms with E-state index >= 15 is 0 Å². The molecule has 0 bridgehead atoms. The molecule has 2 rings (SSSR count). The van der Waals surface area contributed by atoms with Gasteiger partial charge in [0.2, 0.25) is 0 Å². The lowest BCUT2D eigenvalue weighted by molar-refractivity contribution is -0.138. The van der Waals surface area contributed by atoms with E-state index in [1.807, 2.05) is 0 Å². The van der Waals surface area contributed by atoms with Gasteiger partial charge in [-0.05, 0) is 24.3 Å². The average Bonchev–Trinajstić information content (AvgIpc) is 2.65. The Morgan fingerprint density at radius 1 is 1.07 bits per heavy atom. The van der Waals surface area contributed by atoms with Crippen molar-refractivity contribution in [3.05, 3.63) is 59.3 Å². The monoisotopic (exact) mass is 395 g/mol. The highest BCUT2D eigenvalue weighted by Crippen LogP contribution is 2.38. The van der Waals surface area contributed by atoms with Crippen LogP contribution in [0.15, 0.2) is 42.1 Å². The van der Waals surface area contributed by atoms with Gasteiger partial charge < -0.3 is 14.8 Å². The molecule has 28 heavy (non-hydrogen) atoms. The second-order valence-electron chi connectivity index (χ2n) is 5.16. The van der Waals surface area contributed by atoms with Crippen molar-refractivity contribution in [2.45, 2.75) is 6.18 Å². The molecule has 0 radical (unpaired) electrons. The maximum absolute atomic E-state index is 14.0. The van der Waals surface area contributed by atoms with Crippen LogP contribution in [0.5, 0.6) is 17.2 Å². The van der Waals surface area contributed by atoms with Crippen molar-refractivity contribution in [1.29, 1.82) is 10.5 Å². The Kier molecular flexibility index (Phi) is 6.06. The van der Waals surface area contributed by atoms with Gasteiger partial charge in [0, 0.05) is 12.3 Å². The molecule has 0 spiro atoms. The van der Waals surface area contributed by atoms with Crippen LogP contribution in [0.2, 0.25) is 0 Å². The van der Waals surface area contributed by atoms with Gasteiger partial charge in [-0.3, -0.25) is 0 Å². The highest BCUT2D eigenvalue weighted by atomic mass is 19.4. The van der Waals surface area contributed by atoms with Crippen LogP contribution < -0.4 is 14.8 Å². The summed E-state index contributed by atoms with van der Waals surface area (Å²) in [4.78, 5) is 0. The molecule has 0 saturated carbocycles. The van der Waals surface area contributed by atoms with Crippen LogP contribution in [0.1, 0.15) is 5.56 Å². The minimum atomic E-state index is -4.93. The lowest BCUT2D eigenvalue weighted by Gasteiger charge is -2.15. The summed E-state index contributed by atoms with van der Waals surface area (Å²) in [6.45, 7) is 0. The zero-order chi connectivity index (χ0) is 20.9. The SMILES string of the molecule is COc1ccc(Oc2c(F)cc(C(F)(F)F)cc2F)c(NC=C(C#N)C#N)c1. The van der Waals surface area contributed by atoms with Crippen molar-refractivity contribution in [3.63, 3.8) is 0 Å². The summed E-state index contributed by atoms with van der Waals surface area (Å²) in [5.74, 6) is -4.05. The molecule has 0 aliphatic heterocycles. The van der Waals surface area contributed by atoms with E-state index < -0.39 is 29.1 Å². The number of nitrogens with one attached hydrogen (secondary N) is 1. The molecule has 0 unspecified atom stereocenters. The van der Waals surface area contributed by atoms with Crippen LogP contribution in [-0.4, -0.2) is 7.11 Å². The summed E-state index contributed by atoms with van der Waals surface area (Å²) in [6, 6.07) is 7.36. The molecule has 0 heterocycles. The number of anilines is 1. The smallest absolute Gasteiger partial charge is 0.416 e. The van der Waals surface area contributed by atoms with E-state index in [0.717, 1.165) is 6.20 Å². The number of nitrogens with zero attached hydrogens (tertiary/aromatic N) is 2. The van der Waals surface area contributed by atoms with E-state index in [4.69, 9.17) is 20.0 Å². The predicted octanol–water partition coefficient (Wildman–Crippen LogP) is 5.13. The van der Waals surface area contributed by atoms with E-state index in [-0.39, 0.29) is 29.1 Å². The molecular weight excluding hydrogens is 385 g/mol. The lowest BCUT2D eigenvalue weighted by Crippen LogP contribution is -2.07. The minimum absolute atomic E-state index is 0.0426. The highest BCUT2D eigenvalue weighted by molar-refractivity contribution is 5.63. The van der Waals surface area contributed by atoms with E-state index in [9.17, 15) is 22.0 Å². The summed E-state index contributed by atoms with van der Waals surface area (Å²) in [7, 11) is 1.35. The molecule has 2 aromatic carbocycles. The van der Waals surface area contributed by atoms with Crippen molar-refractivity contribution in [1.82, 2.24) is 0 Å². The zero-order valence-electron chi connectivity index (χ0n) is 14.1. The summed E-state index contributed by atoms with van der Waals surface area (Å²) in [5, 5.41) is 20.0. The number of rotatable bonds is 5. The topological polar surface area (TPSA) is 78.1 Å². The highest BCUT2D eigenvalue weighted by Gasteiger charge is 2.33. The van der Waals surface area contributed by atoms with Gasteiger partial charge in [0.1, 0.15) is 23.5 Å². The summed E-state index contributed by atoms with van der Waals surface area (Å²) < 4.78 is 76.1. The maximum Gasteiger partial charge on any atom is 0.416 e. The Morgan fingerprint density at radius 2 is 1.68 bits per heavy atom. The fraction of sp³-hybridized carbons (Fsp3) is 0.111. The Bertz CT molecular complexity index is 965. The van der Waals surface area contributed by atoms with Gasteiger partial charge in [-0.1, -0.05) is 0 Å². The normalized spacial score (nSPS) is 10.4. The van der Waals surface area contributed by atoms with Gasteiger partial charge in [-0.2, -0.15) is 23.7 Å². The number of hydrogen-bond acceptors (Lipinski definition) is 5. The number of alkyl halides is 3. The average molecular weight is 395 g/mol. The molecule has 0 fully saturated rings. The number of hydrogen-bond donors (Lipinski definition) is 1. The van der Waals surface area contributed by atoms with E-state index in [2.05, 4.69) is 5.32 Å². The van der Waals surface area contributed by atoms with Crippen molar-refractivity contribution < 1.29 is 31.4 Å². The largest absolute Gasteiger partial charge is 0.497 e. The molecule has 0 atom stereocenters. The molecule has 10 heteroatoms. The van der Waals surface area contributed by atoms with Crippen LogP contribution in [0.25, 0.3) is 0 Å². The van der Waals surface area contributed by atoms with Crippen molar-refractivity contribution >= 4 is 5.69 Å². The van der Waals surface area contributed by atoms with Crippen molar-refractivity contribution in [3.8, 4) is 29.4 Å². The first-order valence-electron chi connectivity index (χ1n) is 7.38. The number of benzene rings is 2. The van der Waals surface area contributed by atoms with Crippen LogP contribution >= 0.6 is 0 Å². The minimum Gasteiger partial charge on any atom is -0.497 e. The number of methoxy groups -OCH3 is 1. The molecule has 5 nitrogen and oxygen atoms in total. The third-order valence-electron chi connectivity index (χ3n) is 3.34. The van der Waals surface area contributed by atoms with Gasteiger partial charge >= 0.3 is 6.18 Å². The number of nitriles is 2. The first-order chi connectivity index (χ1) is 13.2. The fourth-order valence-electron chi connectivity index (χ4n) is 2.01. The van der Waals surface area contributed by atoms with E-state index in [0.29, 0.717) is 5.75 Å². The molecule has 1 N–H and O–H groups in total. The lowest BCUT2D eigenvalue weighted by atomic mass is 10.2. The second kappa shape index (κ2) is 8.27. The molecule has 0 saturated heterocycles. The zero-order valence-corrected chi connectivity index (χ0v) is 14.1. The number of ether oxygens (including phenoxy) is 2. The summed E-state index contributed by atoms with van der Waals surface area (Å²) >= 11 is 0. The van der Waals surface area contributed by atoms with Gasteiger partial charge in [0.15, 0.2) is 23.1 Å². The maximum atomic E-state index is 14.0. The molecule has 2 aromatic rings. The van der Waals surface area contributed by atoms with Crippen molar-refractivity contribution in [2.75, 3.05) is 12.4 Å². The predicted molar refractivity (Wildman–Crippen MR) is 87.4 cm³/mol. The molecule has 144 valence electrons. The first kappa shape index (κ1) is 20.5. The van der Waals surface area contributed by atoms with Gasteiger partial charge in [-0.15, -0.1) is 0 Å². The van der Waals surface area contributed by atoms with Crippen LogP contribution in [0, 0.1) is 34.3 Å². The molecule has 0 aromatic heterocycles. The van der Waals surface area contributed by atoms with E-state index in [1.165, 1.54) is 25.3 Å². The standard InChI is InChI=1S/C18H10F5N3O2/c1-27-12-2-3-16(15(6-12)26-9-10(7-24)8-25)28-17-13(19)4-11(5-14(17)20)18(21,22)23/h2-6,9,26H,1H3. The Balaban J connectivity index is 2.45. The van der Waals surface area contributed by atoms with Crippen LogP contribution in [-0.2, 0) is 6.18 Å². The summed E-state index contributed by atoms with van der Waals surface area (Å²) in [6.07, 6.45) is -3.91. The second-order valence-corrected chi connectivity index (χ2v) is 5.16. The van der Waals surface area contributed by atoms with E-state index in [1.54, 1.807) is 12.1 Å². The molecule has 0 aliphatic carbocycles. The Morgan fingerprint density at radius 3 is 2.18 bits per heavy atom. The third kappa shape index (κ3) is 4.68. The summed E-state index contributed by atoms with van der Waals surface area (Å²) in [5.41, 5.74) is -1.76. The van der Waals surface area contributed by atoms with Gasteiger partial charge in [0.05, 0.1) is 18.4 Å². The third-order valence-corrected chi connectivity index (χ3v) is 3.34. The van der Waals surface area contributed by atoms with Gasteiger partial charge in [0.25, 0.3) is 0 Å². The first-order valence-corrected chi connectivity index (χ1v) is 7.38. The molecule has 0 aliphatic rings. The Hall–Kier alpha value is -3.79. The van der Waals surface area contributed by atoms with Gasteiger partial charge in [-0.25, -0.2) is 8.78 Å². The van der Waals surface area contributed by atoms with Crippen LogP contribution in [0.3, 0.4) is 0 Å². The fourth-order valence-corrected chi connectivity index (χ4v) is 2.01. The van der Waals surface area contributed by atoms with Crippen LogP contribution in [0.4, 0.5) is 27.6 Å². The quantitative estimate of drug-likeness (QED) is 0.561. The molecule has 0 amide bonds. The number of allylic oxidation sites excluding steroid dienone is 1. The Labute approximate surface area is 155 Å². The number of halogens is 5.